The Hall–Kier alpha value is -3.38. The van der Waals surface area contributed by atoms with Crippen molar-refractivity contribution in [2.24, 2.45) is 0 Å². The maximum absolute atomic E-state index is 12.6. The Labute approximate surface area is 161 Å². The third-order valence-corrected chi connectivity index (χ3v) is 4.11. The van der Waals surface area contributed by atoms with Crippen LogP contribution in [0.2, 0.25) is 0 Å². The van der Waals surface area contributed by atoms with Gasteiger partial charge in [-0.2, -0.15) is 0 Å². The maximum atomic E-state index is 12.6. The van der Waals surface area contributed by atoms with Crippen LogP contribution in [0.25, 0.3) is 0 Å². The van der Waals surface area contributed by atoms with Crippen molar-refractivity contribution in [2.75, 3.05) is 5.32 Å². The van der Waals surface area contributed by atoms with Crippen LogP contribution in [0.3, 0.4) is 0 Å². The molecule has 27 heavy (non-hydrogen) atoms. The monoisotopic (exact) mass is 377 g/mol. The highest BCUT2D eigenvalue weighted by molar-refractivity contribution is 7.80. The minimum Gasteiger partial charge on any atom is -0.409 e. The first kappa shape index (κ1) is 18.4. The van der Waals surface area contributed by atoms with Crippen LogP contribution >= 0.6 is 12.6 Å². The van der Waals surface area contributed by atoms with E-state index in [4.69, 9.17) is 4.74 Å². The molecule has 0 saturated carbocycles. The number of amides is 1. The highest BCUT2D eigenvalue weighted by Crippen LogP contribution is 2.23. The fourth-order valence-electron chi connectivity index (χ4n) is 2.40. The molecule has 0 radical (unpaired) electrons. The molecule has 1 N–H and O–H groups in total. The number of Topliss-reactive ketones (excluding diaryl/α,β-unsaturated/α-hetero) is 2. The van der Waals surface area contributed by atoms with Crippen LogP contribution in [-0.4, -0.2) is 17.7 Å². The number of rotatable bonds is 5. The SMILES string of the molecule is O=C(Nc1ccccc1S)Oc1ccccc1C(=O)C(=O)c1ccccc1. The van der Waals surface area contributed by atoms with E-state index in [1.54, 1.807) is 66.7 Å². The van der Waals surface area contributed by atoms with E-state index in [1.165, 1.54) is 12.1 Å². The average Bonchev–Trinajstić information content (AvgIpc) is 2.70. The van der Waals surface area contributed by atoms with Crippen molar-refractivity contribution in [3.63, 3.8) is 0 Å². The van der Waals surface area contributed by atoms with E-state index < -0.39 is 17.7 Å². The van der Waals surface area contributed by atoms with Gasteiger partial charge >= 0.3 is 6.09 Å². The molecule has 6 heteroatoms. The number of nitrogens with one attached hydrogen (secondary N) is 1. The van der Waals surface area contributed by atoms with Crippen molar-refractivity contribution in [3.8, 4) is 5.75 Å². The fraction of sp³-hybridized carbons (Fsp3) is 0. The van der Waals surface area contributed by atoms with Crippen molar-refractivity contribution < 1.29 is 19.1 Å². The number of carbonyl (C=O) groups is 3. The van der Waals surface area contributed by atoms with Gasteiger partial charge in [-0.05, 0) is 24.3 Å². The predicted molar refractivity (Wildman–Crippen MR) is 105 cm³/mol. The molecule has 1 amide bonds. The quantitative estimate of drug-likeness (QED) is 0.386. The Bertz CT molecular complexity index is 1000. The summed E-state index contributed by atoms with van der Waals surface area (Å²) in [6.45, 7) is 0. The summed E-state index contributed by atoms with van der Waals surface area (Å²) in [5, 5.41) is 2.55. The number of thiol groups is 1. The van der Waals surface area contributed by atoms with Gasteiger partial charge in [-0.15, -0.1) is 12.6 Å². The molecule has 0 atom stereocenters. The summed E-state index contributed by atoms with van der Waals surface area (Å²) in [5.41, 5.74) is 0.751. The number of benzene rings is 3. The third kappa shape index (κ3) is 4.43. The molecule has 0 bridgehead atoms. The first-order chi connectivity index (χ1) is 13.1. The molecular weight excluding hydrogens is 362 g/mol. The molecule has 3 aromatic rings. The van der Waals surface area contributed by atoms with E-state index in [-0.39, 0.29) is 16.9 Å². The van der Waals surface area contributed by atoms with Gasteiger partial charge in [-0.3, -0.25) is 14.9 Å². The van der Waals surface area contributed by atoms with Crippen LogP contribution in [0.15, 0.2) is 83.8 Å². The van der Waals surface area contributed by atoms with Crippen LogP contribution in [-0.2, 0) is 0 Å². The van der Waals surface area contributed by atoms with Crippen LogP contribution in [0.1, 0.15) is 20.7 Å². The van der Waals surface area contributed by atoms with Gasteiger partial charge in [0.1, 0.15) is 5.75 Å². The highest BCUT2D eigenvalue weighted by atomic mass is 32.1. The van der Waals surface area contributed by atoms with E-state index in [0.29, 0.717) is 10.6 Å². The maximum Gasteiger partial charge on any atom is 0.417 e. The van der Waals surface area contributed by atoms with E-state index >= 15 is 0 Å². The number of hydrogen-bond donors (Lipinski definition) is 2. The molecule has 3 aromatic carbocycles. The van der Waals surface area contributed by atoms with Crippen molar-refractivity contribution >= 4 is 36.0 Å². The summed E-state index contributed by atoms with van der Waals surface area (Å²) in [7, 11) is 0. The predicted octanol–water partition coefficient (Wildman–Crippen LogP) is 4.65. The number of ether oxygens (including phenoxy) is 1. The van der Waals surface area contributed by atoms with Crippen molar-refractivity contribution in [1.29, 1.82) is 0 Å². The fourth-order valence-corrected chi connectivity index (χ4v) is 2.62. The molecule has 0 unspecified atom stereocenters. The van der Waals surface area contributed by atoms with Crippen LogP contribution < -0.4 is 10.1 Å². The molecule has 0 fully saturated rings. The van der Waals surface area contributed by atoms with Gasteiger partial charge in [-0.25, -0.2) is 4.79 Å². The van der Waals surface area contributed by atoms with Gasteiger partial charge in [0, 0.05) is 10.5 Å². The highest BCUT2D eigenvalue weighted by Gasteiger charge is 2.22. The number of para-hydroxylation sites is 2. The molecule has 0 saturated heterocycles. The second-order valence-electron chi connectivity index (χ2n) is 5.55. The average molecular weight is 377 g/mol. The first-order valence-corrected chi connectivity index (χ1v) is 8.51. The Morgan fingerprint density at radius 1 is 0.741 bits per heavy atom. The molecule has 5 nitrogen and oxygen atoms in total. The normalized spacial score (nSPS) is 10.1. The minimum atomic E-state index is -0.788. The zero-order valence-electron chi connectivity index (χ0n) is 14.1. The second-order valence-corrected chi connectivity index (χ2v) is 6.03. The Balaban J connectivity index is 1.80. The van der Waals surface area contributed by atoms with Crippen molar-refractivity contribution in [2.45, 2.75) is 4.90 Å². The van der Waals surface area contributed by atoms with Gasteiger partial charge in [-0.1, -0.05) is 54.6 Å². The number of carbonyl (C=O) groups excluding carboxylic acids is 3. The summed E-state index contributed by atoms with van der Waals surface area (Å²) >= 11 is 4.25. The lowest BCUT2D eigenvalue weighted by molar-refractivity contribution is 0.0815. The molecule has 0 aliphatic rings. The van der Waals surface area contributed by atoms with E-state index in [1.807, 2.05) is 0 Å². The van der Waals surface area contributed by atoms with Crippen molar-refractivity contribution in [1.82, 2.24) is 0 Å². The van der Waals surface area contributed by atoms with Gasteiger partial charge in [0.2, 0.25) is 11.6 Å². The lowest BCUT2D eigenvalue weighted by atomic mass is 10.0. The summed E-state index contributed by atoms with van der Waals surface area (Å²) < 4.78 is 5.25. The molecule has 134 valence electrons. The molecule has 0 aliphatic carbocycles. The lowest BCUT2D eigenvalue weighted by Crippen LogP contribution is -2.20. The second kappa shape index (κ2) is 8.33. The van der Waals surface area contributed by atoms with Gasteiger partial charge in [0.15, 0.2) is 0 Å². The van der Waals surface area contributed by atoms with Gasteiger partial charge < -0.3 is 4.74 Å². The van der Waals surface area contributed by atoms with Crippen LogP contribution in [0, 0.1) is 0 Å². The molecule has 0 aromatic heterocycles. The zero-order valence-corrected chi connectivity index (χ0v) is 15.0. The van der Waals surface area contributed by atoms with Crippen LogP contribution in [0.5, 0.6) is 5.75 Å². The van der Waals surface area contributed by atoms with Gasteiger partial charge in [0.25, 0.3) is 0 Å². The zero-order chi connectivity index (χ0) is 19.2. The van der Waals surface area contributed by atoms with E-state index in [2.05, 4.69) is 17.9 Å². The Morgan fingerprint density at radius 3 is 2.11 bits per heavy atom. The largest absolute Gasteiger partial charge is 0.417 e. The molecular formula is C21H15NO4S. The molecule has 3 rings (SSSR count). The lowest BCUT2D eigenvalue weighted by Gasteiger charge is -2.11. The molecule has 0 spiro atoms. The van der Waals surface area contributed by atoms with Crippen LogP contribution in [0.4, 0.5) is 10.5 Å². The number of hydrogen-bond acceptors (Lipinski definition) is 5. The summed E-state index contributed by atoms with van der Waals surface area (Å²) in [5.74, 6) is -1.42. The standard InChI is InChI=1S/C21H15NO4S/c23-19(14-8-2-1-3-9-14)20(24)15-10-4-6-12-17(15)26-21(25)22-16-11-5-7-13-18(16)27/h1-13,27H,(H,22,25). The Morgan fingerprint density at radius 2 is 1.37 bits per heavy atom. The molecule has 0 heterocycles. The summed E-state index contributed by atoms with van der Waals surface area (Å²) in [4.78, 5) is 37.7. The topological polar surface area (TPSA) is 72.5 Å². The van der Waals surface area contributed by atoms with Gasteiger partial charge in [0.05, 0.1) is 11.3 Å². The third-order valence-electron chi connectivity index (χ3n) is 3.72. The summed E-state index contributed by atoms with van der Waals surface area (Å²) in [6, 6.07) is 21.2. The minimum absolute atomic E-state index is 0.000858. The first-order valence-electron chi connectivity index (χ1n) is 8.06. The van der Waals surface area contributed by atoms with Crippen molar-refractivity contribution in [3.05, 3.63) is 90.0 Å². The number of anilines is 1. The Kier molecular flexibility index (Phi) is 5.68. The molecule has 0 aliphatic heterocycles. The number of ketones is 2. The van der Waals surface area contributed by atoms with E-state index in [0.717, 1.165) is 0 Å². The van der Waals surface area contributed by atoms with E-state index in [9.17, 15) is 14.4 Å². The summed E-state index contributed by atoms with van der Waals surface area (Å²) in [6.07, 6.45) is -0.788. The smallest absolute Gasteiger partial charge is 0.409 e.